The van der Waals surface area contributed by atoms with E-state index in [-0.39, 0.29) is 5.91 Å². The molecule has 0 aromatic heterocycles. The van der Waals surface area contributed by atoms with Crippen molar-refractivity contribution in [3.63, 3.8) is 0 Å². The van der Waals surface area contributed by atoms with E-state index in [0.717, 1.165) is 13.6 Å². The van der Waals surface area contributed by atoms with Crippen molar-refractivity contribution in [3.8, 4) is 0 Å². The van der Waals surface area contributed by atoms with E-state index >= 15 is 0 Å². The van der Waals surface area contributed by atoms with Gasteiger partial charge in [0.25, 0.3) is 5.91 Å². The van der Waals surface area contributed by atoms with Gasteiger partial charge in [0.05, 0.1) is 5.56 Å². The first-order valence-corrected chi connectivity index (χ1v) is 5.76. The zero-order valence-corrected chi connectivity index (χ0v) is 10.8. The van der Waals surface area contributed by atoms with Gasteiger partial charge in [0, 0.05) is 14.6 Å². The molecule has 4 heteroatoms. The quantitative estimate of drug-likeness (QED) is 0.814. The smallest absolute Gasteiger partial charge is 0.252 e. The highest BCUT2D eigenvalue weighted by atomic mass is 127. The van der Waals surface area contributed by atoms with E-state index in [4.69, 9.17) is 0 Å². The number of hydrogen-bond acceptors (Lipinski definition) is 1. The van der Waals surface area contributed by atoms with Gasteiger partial charge in [0.2, 0.25) is 0 Å². The molecule has 0 radical (unpaired) electrons. The van der Waals surface area contributed by atoms with E-state index in [1.165, 1.54) is 0 Å². The third kappa shape index (κ3) is 2.67. The lowest BCUT2D eigenvalue weighted by molar-refractivity contribution is 0.0955. The molecule has 1 amide bonds. The third-order valence-corrected chi connectivity index (χ3v) is 4.10. The van der Waals surface area contributed by atoms with E-state index in [0.29, 0.717) is 6.54 Å². The summed E-state index contributed by atoms with van der Waals surface area (Å²) in [6.07, 6.45) is 0. The molecule has 70 valence electrons. The molecular formula is C9H9BrINO. The van der Waals surface area contributed by atoms with Crippen LogP contribution in [0.3, 0.4) is 0 Å². The van der Waals surface area contributed by atoms with Crippen LogP contribution in [-0.2, 0) is 0 Å². The van der Waals surface area contributed by atoms with Gasteiger partial charge in [0.15, 0.2) is 0 Å². The summed E-state index contributed by atoms with van der Waals surface area (Å²) in [6, 6.07) is 5.60. The minimum atomic E-state index is -0.0202. The lowest BCUT2D eigenvalue weighted by Crippen LogP contribution is -2.23. The molecular weight excluding hydrogens is 345 g/mol. The Balaban J connectivity index is 3.01. The second-order valence-electron chi connectivity index (χ2n) is 2.46. The first kappa shape index (κ1) is 11.0. The molecule has 0 bridgehead atoms. The number of rotatable bonds is 2. The molecule has 0 atom stereocenters. The van der Waals surface area contributed by atoms with Gasteiger partial charge in [-0.15, -0.1) is 0 Å². The number of amides is 1. The van der Waals surface area contributed by atoms with Crippen LogP contribution in [0.25, 0.3) is 0 Å². The Hall–Kier alpha value is -0.100. The summed E-state index contributed by atoms with van der Waals surface area (Å²) in [5.74, 6) is -0.0202. The molecule has 1 aromatic carbocycles. The van der Waals surface area contributed by atoms with Crippen LogP contribution in [0.2, 0.25) is 0 Å². The Labute approximate surface area is 99.4 Å². The molecule has 13 heavy (non-hydrogen) atoms. The summed E-state index contributed by atoms with van der Waals surface area (Å²) in [4.78, 5) is 11.5. The first-order chi connectivity index (χ1) is 6.16. The Morgan fingerprint density at radius 2 is 2.31 bits per heavy atom. The number of nitrogens with one attached hydrogen (secondary N) is 1. The zero-order chi connectivity index (χ0) is 9.84. The SMILES string of the molecule is CCNC(=O)c1cccc(Br)c1I. The summed E-state index contributed by atoms with van der Waals surface area (Å²) in [5.41, 5.74) is 0.719. The average Bonchev–Trinajstić information content (AvgIpc) is 2.10. The van der Waals surface area contributed by atoms with Crippen LogP contribution in [0, 0.1) is 3.57 Å². The predicted molar refractivity (Wildman–Crippen MR) is 64.9 cm³/mol. The molecule has 0 spiro atoms. The van der Waals surface area contributed by atoms with Gasteiger partial charge in [-0.2, -0.15) is 0 Å². The summed E-state index contributed by atoms with van der Waals surface area (Å²) in [5, 5.41) is 2.77. The highest BCUT2D eigenvalue weighted by molar-refractivity contribution is 14.1. The Bertz CT molecular complexity index is 327. The minimum absolute atomic E-state index is 0.0202. The summed E-state index contributed by atoms with van der Waals surface area (Å²) < 4.78 is 1.91. The van der Waals surface area contributed by atoms with Crippen molar-refractivity contribution in [1.82, 2.24) is 5.32 Å². The van der Waals surface area contributed by atoms with Crippen LogP contribution in [0.1, 0.15) is 17.3 Å². The summed E-state index contributed by atoms with van der Waals surface area (Å²) in [7, 11) is 0. The number of halogens is 2. The molecule has 1 N–H and O–H groups in total. The highest BCUT2D eigenvalue weighted by Crippen LogP contribution is 2.22. The monoisotopic (exact) mass is 353 g/mol. The number of hydrogen-bond donors (Lipinski definition) is 1. The second-order valence-corrected chi connectivity index (χ2v) is 4.39. The largest absolute Gasteiger partial charge is 0.352 e. The van der Waals surface area contributed by atoms with Crippen molar-refractivity contribution in [2.75, 3.05) is 6.54 Å². The zero-order valence-electron chi connectivity index (χ0n) is 7.10. The van der Waals surface area contributed by atoms with Gasteiger partial charge >= 0.3 is 0 Å². The lowest BCUT2D eigenvalue weighted by atomic mass is 10.2. The fraction of sp³-hybridized carbons (Fsp3) is 0.222. The van der Waals surface area contributed by atoms with Crippen LogP contribution in [0.4, 0.5) is 0 Å². The van der Waals surface area contributed by atoms with Crippen LogP contribution >= 0.6 is 38.5 Å². The normalized spacial score (nSPS) is 9.77. The van der Waals surface area contributed by atoms with E-state index < -0.39 is 0 Å². The van der Waals surface area contributed by atoms with E-state index in [2.05, 4.69) is 43.8 Å². The number of benzene rings is 1. The molecule has 2 nitrogen and oxygen atoms in total. The minimum Gasteiger partial charge on any atom is -0.352 e. The van der Waals surface area contributed by atoms with Gasteiger partial charge in [-0.3, -0.25) is 4.79 Å². The molecule has 0 fully saturated rings. The predicted octanol–water partition coefficient (Wildman–Crippen LogP) is 2.80. The summed E-state index contributed by atoms with van der Waals surface area (Å²) in [6.45, 7) is 2.56. The molecule has 1 aromatic rings. The standard InChI is InChI=1S/C9H9BrINO/c1-2-12-9(13)6-4-3-5-7(10)8(6)11/h3-5H,2H2,1H3,(H,12,13). The number of carbonyl (C=O) groups is 1. The van der Waals surface area contributed by atoms with Crippen molar-refractivity contribution in [2.24, 2.45) is 0 Å². The lowest BCUT2D eigenvalue weighted by Gasteiger charge is -2.05. The molecule has 0 aliphatic carbocycles. The van der Waals surface area contributed by atoms with E-state index in [9.17, 15) is 4.79 Å². The topological polar surface area (TPSA) is 29.1 Å². The third-order valence-electron chi connectivity index (χ3n) is 1.53. The van der Waals surface area contributed by atoms with Gasteiger partial charge in [-0.05, 0) is 57.6 Å². The molecule has 0 aliphatic heterocycles. The highest BCUT2D eigenvalue weighted by Gasteiger charge is 2.09. The maximum absolute atomic E-state index is 11.5. The molecule has 0 saturated carbocycles. The van der Waals surface area contributed by atoms with Crippen molar-refractivity contribution >= 4 is 44.4 Å². The van der Waals surface area contributed by atoms with Crippen LogP contribution in [0.15, 0.2) is 22.7 Å². The molecule has 0 unspecified atom stereocenters. The van der Waals surface area contributed by atoms with Crippen molar-refractivity contribution in [3.05, 3.63) is 31.8 Å². The summed E-state index contributed by atoms with van der Waals surface area (Å²) >= 11 is 5.53. The molecule has 0 heterocycles. The van der Waals surface area contributed by atoms with E-state index in [1.807, 2.05) is 25.1 Å². The fourth-order valence-corrected chi connectivity index (χ4v) is 1.91. The van der Waals surface area contributed by atoms with Gasteiger partial charge in [0.1, 0.15) is 0 Å². The maximum Gasteiger partial charge on any atom is 0.252 e. The average molecular weight is 354 g/mol. The van der Waals surface area contributed by atoms with Gasteiger partial charge < -0.3 is 5.32 Å². The Kier molecular flexibility index (Phi) is 4.18. The first-order valence-electron chi connectivity index (χ1n) is 3.89. The van der Waals surface area contributed by atoms with Crippen molar-refractivity contribution in [2.45, 2.75) is 6.92 Å². The second kappa shape index (κ2) is 4.95. The van der Waals surface area contributed by atoms with Gasteiger partial charge in [-0.1, -0.05) is 6.07 Å². The molecule has 0 saturated heterocycles. The van der Waals surface area contributed by atoms with Crippen molar-refractivity contribution < 1.29 is 4.79 Å². The van der Waals surface area contributed by atoms with E-state index in [1.54, 1.807) is 0 Å². The fourth-order valence-electron chi connectivity index (χ4n) is 0.935. The Morgan fingerprint density at radius 1 is 1.62 bits per heavy atom. The molecule has 1 rings (SSSR count). The van der Waals surface area contributed by atoms with Crippen LogP contribution in [0.5, 0.6) is 0 Å². The maximum atomic E-state index is 11.5. The van der Waals surface area contributed by atoms with Crippen LogP contribution < -0.4 is 5.32 Å². The van der Waals surface area contributed by atoms with Crippen LogP contribution in [-0.4, -0.2) is 12.5 Å². The number of carbonyl (C=O) groups excluding carboxylic acids is 1. The van der Waals surface area contributed by atoms with Gasteiger partial charge in [-0.25, -0.2) is 0 Å². The molecule has 0 aliphatic rings. The van der Waals surface area contributed by atoms with Crippen molar-refractivity contribution in [1.29, 1.82) is 0 Å². The Morgan fingerprint density at radius 3 is 2.92 bits per heavy atom.